The number of nitrogens with zero attached hydrogens (tertiary/aromatic N) is 1. The number of methoxy groups -OCH3 is 2. The number of Topliss-reactive ketones (excluding diaryl/α,β-unsaturated/α-hetero) is 1. The number of aromatic carboxylic acids is 1. The van der Waals surface area contributed by atoms with Crippen LogP contribution in [0, 0.1) is 0 Å². The summed E-state index contributed by atoms with van der Waals surface area (Å²) in [5, 5.41) is 9.06. The number of ether oxygens (including phenoxy) is 2. The number of nitrogens with one attached hydrogen (secondary N) is 1. The van der Waals surface area contributed by atoms with Gasteiger partial charge >= 0.3 is 5.97 Å². The zero-order valence-corrected chi connectivity index (χ0v) is 17.3. The molecular formula is C24H22N2O5. The number of carbonyl (C=O) groups excluding carboxylic acids is 1. The normalized spacial score (nSPS) is 13.0. The minimum Gasteiger partial charge on any atom is -0.496 e. The Labute approximate surface area is 179 Å². The summed E-state index contributed by atoms with van der Waals surface area (Å²) in [4.78, 5) is 31.9. The molecule has 0 amide bonds. The van der Waals surface area contributed by atoms with Crippen molar-refractivity contribution < 1.29 is 24.2 Å². The molecule has 0 radical (unpaired) electrons. The van der Waals surface area contributed by atoms with E-state index < -0.39 is 5.97 Å². The number of aromatic nitrogens is 2. The van der Waals surface area contributed by atoms with Gasteiger partial charge in [-0.25, -0.2) is 9.78 Å². The van der Waals surface area contributed by atoms with Crippen molar-refractivity contribution in [1.82, 2.24) is 9.97 Å². The largest absolute Gasteiger partial charge is 0.496 e. The SMILES string of the molecule is C=C(C(=O)c1ccc(C(=O)O)cc1)c1cc(-c2cnc(C3CC3)[nH]2)c(OC)cc1OC. The third-order valence-corrected chi connectivity index (χ3v) is 5.36. The number of H-pyrrole nitrogens is 1. The van der Waals surface area contributed by atoms with Gasteiger partial charge in [-0.05, 0) is 31.0 Å². The molecule has 1 aliphatic carbocycles. The van der Waals surface area contributed by atoms with Crippen LogP contribution in [0.15, 0.2) is 49.2 Å². The molecule has 1 fully saturated rings. The van der Waals surface area contributed by atoms with E-state index in [4.69, 9.17) is 14.6 Å². The molecule has 31 heavy (non-hydrogen) atoms. The van der Waals surface area contributed by atoms with Crippen LogP contribution in [0.3, 0.4) is 0 Å². The van der Waals surface area contributed by atoms with Gasteiger partial charge in [0.05, 0.1) is 31.7 Å². The highest BCUT2D eigenvalue weighted by Gasteiger charge is 2.27. The standard InChI is InChI=1S/C24H22N2O5/c1-13(22(27)14-4-8-16(9-5-14)24(28)29)17-10-18(21(31-3)11-20(17)30-2)19-12-25-23(26-19)15-6-7-15/h4-5,8-12,15H,1,6-7H2,2-3H3,(H,25,26)(H,28,29). The second-order valence-corrected chi connectivity index (χ2v) is 7.40. The molecule has 2 aromatic carbocycles. The molecule has 0 bridgehead atoms. The summed E-state index contributed by atoms with van der Waals surface area (Å²) >= 11 is 0. The van der Waals surface area contributed by atoms with Crippen LogP contribution in [0.2, 0.25) is 0 Å². The van der Waals surface area contributed by atoms with Gasteiger partial charge in [0.1, 0.15) is 17.3 Å². The van der Waals surface area contributed by atoms with Crippen molar-refractivity contribution in [1.29, 1.82) is 0 Å². The first kappa shape index (κ1) is 20.4. The Morgan fingerprint density at radius 2 is 1.71 bits per heavy atom. The molecule has 1 aliphatic rings. The highest BCUT2D eigenvalue weighted by Crippen LogP contribution is 2.42. The van der Waals surface area contributed by atoms with Gasteiger partial charge in [0.25, 0.3) is 0 Å². The Morgan fingerprint density at radius 1 is 1.06 bits per heavy atom. The zero-order valence-electron chi connectivity index (χ0n) is 17.3. The molecule has 158 valence electrons. The van der Waals surface area contributed by atoms with E-state index in [0.717, 1.165) is 29.9 Å². The fourth-order valence-electron chi connectivity index (χ4n) is 3.44. The number of rotatable bonds is 8. The number of hydrogen-bond acceptors (Lipinski definition) is 5. The quantitative estimate of drug-likeness (QED) is 0.411. The van der Waals surface area contributed by atoms with Gasteiger partial charge in [-0.2, -0.15) is 0 Å². The molecule has 2 N–H and O–H groups in total. The fraction of sp³-hybridized carbons (Fsp3) is 0.208. The van der Waals surface area contributed by atoms with Gasteiger partial charge in [-0.15, -0.1) is 0 Å². The van der Waals surface area contributed by atoms with Gasteiger partial charge in [0.15, 0.2) is 5.78 Å². The molecule has 1 saturated carbocycles. The van der Waals surface area contributed by atoms with E-state index in [-0.39, 0.29) is 16.9 Å². The lowest BCUT2D eigenvalue weighted by Gasteiger charge is -2.15. The first-order valence-corrected chi connectivity index (χ1v) is 9.81. The van der Waals surface area contributed by atoms with Crippen LogP contribution in [0.1, 0.15) is 50.9 Å². The molecule has 0 aliphatic heterocycles. The summed E-state index contributed by atoms with van der Waals surface area (Å²) in [6.07, 6.45) is 4.02. The number of benzene rings is 2. The van der Waals surface area contributed by atoms with E-state index in [9.17, 15) is 9.59 Å². The van der Waals surface area contributed by atoms with Gasteiger partial charge in [0.2, 0.25) is 0 Å². The van der Waals surface area contributed by atoms with Gasteiger partial charge in [-0.1, -0.05) is 18.7 Å². The first-order chi connectivity index (χ1) is 14.9. The van der Waals surface area contributed by atoms with Crippen molar-refractivity contribution >= 4 is 17.3 Å². The second-order valence-electron chi connectivity index (χ2n) is 7.40. The molecule has 0 atom stereocenters. The summed E-state index contributed by atoms with van der Waals surface area (Å²) in [5.41, 5.74) is 2.73. The average Bonchev–Trinajstić information content (AvgIpc) is 3.53. The van der Waals surface area contributed by atoms with Crippen LogP contribution < -0.4 is 9.47 Å². The van der Waals surface area contributed by atoms with Crippen LogP contribution in [0.4, 0.5) is 0 Å². The average molecular weight is 418 g/mol. The summed E-state index contributed by atoms with van der Waals surface area (Å²) in [6.45, 7) is 3.99. The van der Waals surface area contributed by atoms with Gasteiger partial charge in [-0.3, -0.25) is 4.79 Å². The molecule has 0 saturated heterocycles. The van der Waals surface area contributed by atoms with Gasteiger partial charge in [0, 0.05) is 34.2 Å². The van der Waals surface area contributed by atoms with Crippen LogP contribution >= 0.6 is 0 Å². The summed E-state index contributed by atoms with van der Waals surface area (Å²) in [6, 6.07) is 9.25. The van der Waals surface area contributed by atoms with E-state index in [1.54, 1.807) is 25.4 Å². The van der Waals surface area contributed by atoms with E-state index in [0.29, 0.717) is 28.5 Å². The summed E-state index contributed by atoms with van der Waals surface area (Å²) in [7, 11) is 3.08. The van der Waals surface area contributed by atoms with E-state index in [1.165, 1.54) is 31.4 Å². The number of hydrogen-bond donors (Lipinski definition) is 2. The Morgan fingerprint density at radius 3 is 2.29 bits per heavy atom. The van der Waals surface area contributed by atoms with Crippen molar-refractivity contribution in [2.45, 2.75) is 18.8 Å². The molecule has 1 heterocycles. The lowest BCUT2D eigenvalue weighted by atomic mass is 9.94. The highest BCUT2D eigenvalue weighted by atomic mass is 16.5. The number of ketones is 1. The van der Waals surface area contributed by atoms with Crippen LogP contribution in [0.25, 0.3) is 16.8 Å². The molecule has 0 unspecified atom stereocenters. The monoisotopic (exact) mass is 418 g/mol. The number of allylic oxidation sites excluding steroid dienone is 1. The number of aromatic amines is 1. The smallest absolute Gasteiger partial charge is 0.335 e. The minimum absolute atomic E-state index is 0.109. The van der Waals surface area contributed by atoms with E-state index >= 15 is 0 Å². The number of carboxylic acid groups (broad SMARTS) is 1. The molecule has 0 spiro atoms. The van der Waals surface area contributed by atoms with E-state index in [2.05, 4.69) is 16.5 Å². The Kier molecular flexibility index (Phi) is 5.33. The lowest BCUT2D eigenvalue weighted by molar-refractivity contribution is 0.0696. The summed E-state index contributed by atoms with van der Waals surface area (Å²) in [5.74, 6) is 1.07. The molecule has 7 heteroatoms. The summed E-state index contributed by atoms with van der Waals surface area (Å²) < 4.78 is 11.0. The fourth-order valence-corrected chi connectivity index (χ4v) is 3.44. The molecule has 3 aromatic rings. The van der Waals surface area contributed by atoms with Crippen molar-refractivity contribution in [3.8, 4) is 22.8 Å². The lowest BCUT2D eigenvalue weighted by Crippen LogP contribution is -2.05. The topological polar surface area (TPSA) is 102 Å². The van der Waals surface area contributed by atoms with Crippen LogP contribution in [0.5, 0.6) is 11.5 Å². The van der Waals surface area contributed by atoms with E-state index in [1.807, 2.05) is 0 Å². The van der Waals surface area contributed by atoms with Crippen molar-refractivity contribution in [3.05, 3.63) is 71.7 Å². The molecule has 4 rings (SSSR count). The van der Waals surface area contributed by atoms with Gasteiger partial charge < -0.3 is 19.6 Å². The zero-order chi connectivity index (χ0) is 22.1. The Balaban J connectivity index is 1.72. The predicted molar refractivity (Wildman–Crippen MR) is 116 cm³/mol. The third kappa shape index (κ3) is 3.94. The predicted octanol–water partition coefficient (Wildman–Crippen LogP) is 4.57. The molecule has 7 nitrogen and oxygen atoms in total. The Bertz CT molecular complexity index is 1170. The second kappa shape index (κ2) is 8.10. The number of carbonyl (C=O) groups is 2. The minimum atomic E-state index is -1.05. The highest BCUT2D eigenvalue weighted by molar-refractivity contribution is 6.29. The maximum Gasteiger partial charge on any atom is 0.335 e. The maximum atomic E-state index is 13.0. The maximum absolute atomic E-state index is 13.0. The third-order valence-electron chi connectivity index (χ3n) is 5.36. The van der Waals surface area contributed by atoms with Crippen LogP contribution in [-0.4, -0.2) is 41.0 Å². The molecule has 1 aromatic heterocycles. The molecular weight excluding hydrogens is 396 g/mol. The van der Waals surface area contributed by atoms with Crippen molar-refractivity contribution in [3.63, 3.8) is 0 Å². The first-order valence-electron chi connectivity index (χ1n) is 9.81. The number of imidazole rings is 1. The Hall–Kier alpha value is -3.87. The van der Waals surface area contributed by atoms with Crippen molar-refractivity contribution in [2.75, 3.05) is 14.2 Å². The van der Waals surface area contributed by atoms with Crippen LogP contribution in [-0.2, 0) is 0 Å². The van der Waals surface area contributed by atoms with Crippen molar-refractivity contribution in [2.24, 2.45) is 0 Å². The number of carboxylic acids is 1.